The Morgan fingerprint density at radius 1 is 1.05 bits per heavy atom. The van der Waals surface area contributed by atoms with Crippen LogP contribution >= 0.6 is 11.6 Å². The molecule has 196 valence electrons. The Kier molecular flexibility index (Phi) is 7.05. The van der Waals surface area contributed by atoms with E-state index in [0.29, 0.717) is 52.9 Å². The van der Waals surface area contributed by atoms with Crippen LogP contribution in [0.15, 0.2) is 54.7 Å². The number of ketones is 1. The number of carboxylic acids is 1. The molecule has 4 aromatic rings. The molecule has 0 aliphatic carbocycles. The van der Waals surface area contributed by atoms with Gasteiger partial charge in [-0.1, -0.05) is 17.7 Å². The summed E-state index contributed by atoms with van der Waals surface area (Å²) in [6.07, 6.45) is 3.03. The number of nitrogens with zero attached hydrogens (tertiary/aromatic N) is 2. The molecule has 8 nitrogen and oxygen atoms in total. The molecule has 2 heterocycles. The molecule has 1 aliphatic rings. The van der Waals surface area contributed by atoms with Gasteiger partial charge in [-0.2, -0.15) is 0 Å². The van der Waals surface area contributed by atoms with E-state index in [2.05, 4.69) is 0 Å². The van der Waals surface area contributed by atoms with Gasteiger partial charge in [0.1, 0.15) is 17.6 Å². The molecule has 1 aliphatic heterocycles. The first kappa shape index (κ1) is 25.7. The summed E-state index contributed by atoms with van der Waals surface area (Å²) in [5, 5.41) is 12.0. The Morgan fingerprint density at radius 3 is 2.63 bits per heavy atom. The molecule has 0 unspecified atom stereocenters. The molecule has 0 saturated carbocycles. The van der Waals surface area contributed by atoms with Crippen LogP contribution in [-0.4, -0.2) is 58.0 Å². The quantitative estimate of drug-likeness (QED) is 0.304. The lowest BCUT2D eigenvalue weighted by Gasteiger charge is -2.21. The number of hydrogen-bond donors (Lipinski definition) is 2. The molecule has 3 N–H and O–H groups in total. The highest BCUT2D eigenvalue weighted by Crippen LogP contribution is 2.29. The second-order valence-electron chi connectivity index (χ2n) is 9.35. The number of benzene rings is 3. The summed E-state index contributed by atoms with van der Waals surface area (Å²) in [6.45, 7) is 1.13. The number of carbonyl (C=O) groups is 3. The maximum absolute atomic E-state index is 14.1. The van der Waals surface area contributed by atoms with Crippen molar-refractivity contribution in [2.75, 3.05) is 19.7 Å². The molecule has 1 amide bonds. The van der Waals surface area contributed by atoms with Gasteiger partial charge in [-0.25, -0.2) is 4.39 Å². The molecule has 5 rings (SSSR count). The standard InChI is InChI=1S/C28H25ClFN3O5/c29-18-4-3-16-12-26(21(27(31)35)11-17(16)10-18)38-15-25(34)22-14-33(24-13-19(30)5-6-20(22)24)9-8-32-7-1-2-23(32)28(36)37/h3-6,10-14,23H,1-2,7-9,15H2,(H2,31,35)(H,36,37)/t23-/m0/s1. The van der Waals surface area contributed by atoms with Crippen molar-refractivity contribution >= 4 is 50.9 Å². The third-order valence-corrected chi connectivity index (χ3v) is 7.18. The number of nitrogens with two attached hydrogens (primary N) is 1. The van der Waals surface area contributed by atoms with Gasteiger partial charge in [0, 0.05) is 35.3 Å². The minimum atomic E-state index is -0.856. The lowest BCUT2D eigenvalue weighted by Crippen LogP contribution is -2.37. The lowest BCUT2D eigenvalue weighted by atomic mass is 10.1. The highest BCUT2D eigenvalue weighted by molar-refractivity contribution is 6.31. The predicted molar refractivity (Wildman–Crippen MR) is 141 cm³/mol. The average Bonchev–Trinajstić information content (AvgIpc) is 3.50. The van der Waals surface area contributed by atoms with E-state index in [-0.39, 0.29) is 23.7 Å². The Morgan fingerprint density at radius 2 is 1.87 bits per heavy atom. The SMILES string of the molecule is NC(=O)c1cc2cc(Cl)ccc2cc1OCC(=O)c1cn(CCN2CCC[C@H]2C(=O)O)c2cc(F)ccc12. The Labute approximate surface area is 222 Å². The van der Waals surface area contributed by atoms with Crippen molar-refractivity contribution in [1.29, 1.82) is 0 Å². The Hall–Kier alpha value is -3.95. The van der Waals surface area contributed by atoms with E-state index in [1.807, 2.05) is 4.90 Å². The average molecular weight is 538 g/mol. The number of carbonyl (C=O) groups excluding carboxylic acids is 2. The first-order chi connectivity index (χ1) is 18.2. The third kappa shape index (κ3) is 5.07. The van der Waals surface area contributed by atoms with E-state index in [1.165, 1.54) is 12.1 Å². The van der Waals surface area contributed by atoms with Gasteiger partial charge in [0.15, 0.2) is 6.61 Å². The molecular weight excluding hydrogens is 513 g/mol. The number of primary amides is 1. The molecule has 1 fully saturated rings. The van der Waals surface area contributed by atoms with E-state index in [4.69, 9.17) is 22.1 Å². The van der Waals surface area contributed by atoms with Crippen LogP contribution in [0.1, 0.15) is 33.6 Å². The molecule has 0 bridgehead atoms. The molecule has 1 atom stereocenters. The number of Topliss-reactive ketones (excluding diaryl/α,β-unsaturated/α-hetero) is 1. The topological polar surface area (TPSA) is 115 Å². The molecule has 38 heavy (non-hydrogen) atoms. The maximum atomic E-state index is 14.1. The van der Waals surface area contributed by atoms with E-state index >= 15 is 0 Å². The fourth-order valence-corrected chi connectivity index (χ4v) is 5.24. The van der Waals surface area contributed by atoms with Crippen LogP contribution in [0.3, 0.4) is 0 Å². The summed E-state index contributed by atoms with van der Waals surface area (Å²) in [4.78, 5) is 38.7. The van der Waals surface area contributed by atoms with E-state index in [0.717, 1.165) is 11.8 Å². The van der Waals surface area contributed by atoms with Gasteiger partial charge in [-0.15, -0.1) is 0 Å². The zero-order valence-corrected chi connectivity index (χ0v) is 21.1. The molecule has 1 saturated heterocycles. The van der Waals surface area contributed by atoms with Crippen molar-refractivity contribution in [1.82, 2.24) is 9.47 Å². The van der Waals surface area contributed by atoms with E-state index < -0.39 is 23.7 Å². The van der Waals surface area contributed by atoms with Gasteiger partial charge in [0.2, 0.25) is 5.78 Å². The molecule has 3 aromatic carbocycles. The highest BCUT2D eigenvalue weighted by Gasteiger charge is 2.30. The fraction of sp³-hybridized carbons (Fsp3) is 0.250. The second kappa shape index (κ2) is 10.4. The Bertz CT molecular complexity index is 1580. The van der Waals surface area contributed by atoms with Gasteiger partial charge in [0.05, 0.1) is 11.1 Å². The lowest BCUT2D eigenvalue weighted by molar-refractivity contribution is -0.142. The summed E-state index contributed by atoms with van der Waals surface area (Å²) in [6, 6.07) is 12.0. The van der Waals surface area contributed by atoms with Crippen LogP contribution in [0.2, 0.25) is 5.02 Å². The zero-order valence-electron chi connectivity index (χ0n) is 20.3. The third-order valence-electron chi connectivity index (χ3n) is 6.95. The summed E-state index contributed by atoms with van der Waals surface area (Å²) in [5.41, 5.74) is 6.54. The van der Waals surface area contributed by atoms with Gasteiger partial charge < -0.3 is 20.1 Å². The van der Waals surface area contributed by atoms with Gasteiger partial charge >= 0.3 is 5.97 Å². The van der Waals surface area contributed by atoms with Crippen molar-refractivity contribution in [3.05, 3.63) is 76.7 Å². The molecule has 10 heteroatoms. The number of ether oxygens (including phenoxy) is 1. The number of fused-ring (bicyclic) bond motifs is 2. The van der Waals surface area contributed by atoms with Crippen molar-refractivity contribution < 1.29 is 28.6 Å². The first-order valence-corrected chi connectivity index (χ1v) is 12.5. The first-order valence-electron chi connectivity index (χ1n) is 12.2. The van der Waals surface area contributed by atoms with Gasteiger partial charge in [-0.05, 0) is 72.6 Å². The summed E-state index contributed by atoms with van der Waals surface area (Å²) >= 11 is 6.05. The second-order valence-corrected chi connectivity index (χ2v) is 9.78. The van der Waals surface area contributed by atoms with Crippen LogP contribution in [0.5, 0.6) is 5.75 Å². The predicted octanol–water partition coefficient (Wildman–Crippen LogP) is 4.50. The minimum Gasteiger partial charge on any atom is -0.485 e. The van der Waals surface area contributed by atoms with Crippen molar-refractivity contribution in [2.45, 2.75) is 25.4 Å². The van der Waals surface area contributed by atoms with Crippen molar-refractivity contribution in [3.8, 4) is 5.75 Å². The monoisotopic (exact) mass is 537 g/mol. The van der Waals surface area contributed by atoms with Crippen molar-refractivity contribution in [3.63, 3.8) is 0 Å². The van der Waals surface area contributed by atoms with E-state index in [1.54, 1.807) is 47.2 Å². The number of rotatable bonds is 9. The number of halogens is 2. The van der Waals surface area contributed by atoms with Crippen LogP contribution in [0.4, 0.5) is 4.39 Å². The minimum absolute atomic E-state index is 0.121. The molecule has 0 radical (unpaired) electrons. The molecular formula is C28H25ClFN3O5. The zero-order chi connectivity index (χ0) is 27.0. The number of hydrogen-bond acceptors (Lipinski definition) is 5. The number of likely N-dealkylation sites (tertiary alicyclic amines) is 1. The van der Waals surface area contributed by atoms with Crippen LogP contribution in [-0.2, 0) is 11.3 Å². The molecule has 1 aromatic heterocycles. The fourth-order valence-electron chi connectivity index (χ4n) is 5.06. The smallest absolute Gasteiger partial charge is 0.320 e. The normalized spacial score (nSPS) is 15.8. The van der Waals surface area contributed by atoms with Crippen molar-refractivity contribution in [2.24, 2.45) is 5.73 Å². The Balaban J connectivity index is 1.39. The number of amides is 1. The maximum Gasteiger partial charge on any atom is 0.320 e. The summed E-state index contributed by atoms with van der Waals surface area (Å²) in [7, 11) is 0. The number of aliphatic carboxylic acids is 1. The van der Waals surface area contributed by atoms with Crippen LogP contribution < -0.4 is 10.5 Å². The summed E-state index contributed by atoms with van der Waals surface area (Å²) < 4.78 is 21.7. The van der Waals surface area contributed by atoms with E-state index in [9.17, 15) is 23.9 Å². The van der Waals surface area contributed by atoms with Gasteiger partial charge in [-0.3, -0.25) is 19.3 Å². The highest BCUT2D eigenvalue weighted by atomic mass is 35.5. The number of aromatic nitrogens is 1. The summed E-state index contributed by atoms with van der Waals surface area (Å²) in [5.74, 6) is -2.20. The van der Waals surface area contributed by atoms with Gasteiger partial charge in [0.25, 0.3) is 5.91 Å². The number of carboxylic acid groups (broad SMARTS) is 1. The van der Waals surface area contributed by atoms with Crippen LogP contribution in [0, 0.1) is 5.82 Å². The molecule has 0 spiro atoms. The largest absolute Gasteiger partial charge is 0.485 e. The van der Waals surface area contributed by atoms with Crippen LogP contribution in [0.25, 0.3) is 21.7 Å².